The molecule has 2 aliphatic rings. The average Bonchev–Trinajstić information content (AvgIpc) is 3.00. The molecule has 0 bridgehead atoms. The van der Waals surface area contributed by atoms with Crippen LogP contribution in [-0.2, 0) is 11.2 Å². The minimum absolute atomic E-state index is 0.177. The zero-order valence-corrected chi connectivity index (χ0v) is 10.1. The number of rotatable bonds is 2. The second-order valence-corrected chi connectivity index (χ2v) is 5.30. The van der Waals surface area contributed by atoms with Crippen LogP contribution in [0.4, 0.5) is 0 Å². The molecule has 0 spiro atoms. The first-order chi connectivity index (χ1) is 7.62. The minimum Gasteiger partial charge on any atom is -0.485 e. The summed E-state index contributed by atoms with van der Waals surface area (Å²) in [4.78, 5) is 0. The Morgan fingerprint density at radius 1 is 1.31 bits per heavy atom. The molecule has 2 heteroatoms. The molecule has 2 atom stereocenters. The Bertz CT molecular complexity index is 423. The number of hydrogen-bond acceptors (Lipinski definition) is 2. The monoisotopic (exact) mass is 218 g/mol. The van der Waals surface area contributed by atoms with Crippen molar-refractivity contribution in [2.75, 3.05) is 0 Å². The molecule has 16 heavy (non-hydrogen) atoms. The molecule has 1 aromatic carbocycles. The summed E-state index contributed by atoms with van der Waals surface area (Å²) >= 11 is 0. The van der Waals surface area contributed by atoms with Crippen molar-refractivity contribution in [1.29, 1.82) is 0 Å². The van der Waals surface area contributed by atoms with Crippen LogP contribution < -0.4 is 4.74 Å². The van der Waals surface area contributed by atoms with Crippen LogP contribution in [-0.4, -0.2) is 11.7 Å². The summed E-state index contributed by atoms with van der Waals surface area (Å²) in [6.07, 6.45) is 2.83. The van der Waals surface area contributed by atoms with Gasteiger partial charge < -0.3 is 9.47 Å². The fraction of sp³-hybridized carbons (Fsp3) is 0.571. The Labute approximate surface area is 96.6 Å². The van der Waals surface area contributed by atoms with Gasteiger partial charge in [-0.25, -0.2) is 0 Å². The normalized spacial score (nSPS) is 28.9. The lowest BCUT2D eigenvalue weighted by Crippen LogP contribution is -2.37. The zero-order chi connectivity index (χ0) is 11.3. The molecule has 1 aromatic rings. The van der Waals surface area contributed by atoms with Crippen molar-refractivity contribution in [2.45, 2.75) is 51.4 Å². The maximum absolute atomic E-state index is 5.98. The van der Waals surface area contributed by atoms with Gasteiger partial charge in [-0.05, 0) is 38.0 Å². The molecule has 0 unspecified atom stereocenters. The Kier molecular flexibility index (Phi) is 2.05. The quantitative estimate of drug-likeness (QED) is 0.711. The molecular formula is C14H18O2. The van der Waals surface area contributed by atoms with Gasteiger partial charge in [0.1, 0.15) is 23.6 Å². The summed E-state index contributed by atoms with van der Waals surface area (Å²) in [6, 6.07) is 6.51. The lowest BCUT2D eigenvalue weighted by Gasteiger charge is -2.29. The molecule has 2 heterocycles. The topological polar surface area (TPSA) is 21.8 Å². The summed E-state index contributed by atoms with van der Waals surface area (Å²) < 4.78 is 11.7. The lowest BCUT2D eigenvalue weighted by molar-refractivity contribution is 0.0725. The standard InChI is InChI=1S/C14H18O2/c1-4-5-9-6-7-11-10(8-9)12-13(15-12)14(2,3)16-11/h6-8,12-13H,4-5H2,1-3H3/t12-,13-/m1/s1. The van der Waals surface area contributed by atoms with E-state index in [4.69, 9.17) is 9.47 Å². The van der Waals surface area contributed by atoms with Crippen LogP contribution in [0.1, 0.15) is 44.4 Å². The van der Waals surface area contributed by atoms with Gasteiger partial charge in [-0.1, -0.05) is 19.4 Å². The van der Waals surface area contributed by atoms with Crippen LogP contribution in [0.25, 0.3) is 0 Å². The van der Waals surface area contributed by atoms with Gasteiger partial charge in [0.15, 0.2) is 0 Å². The van der Waals surface area contributed by atoms with Gasteiger partial charge in [0.05, 0.1) is 0 Å². The Hall–Kier alpha value is -1.02. The average molecular weight is 218 g/mol. The number of epoxide rings is 1. The molecule has 0 N–H and O–H groups in total. The van der Waals surface area contributed by atoms with E-state index in [9.17, 15) is 0 Å². The van der Waals surface area contributed by atoms with E-state index >= 15 is 0 Å². The fourth-order valence-electron chi connectivity index (χ4n) is 2.58. The van der Waals surface area contributed by atoms with Gasteiger partial charge in [0, 0.05) is 5.56 Å². The van der Waals surface area contributed by atoms with E-state index in [1.165, 1.54) is 17.5 Å². The van der Waals surface area contributed by atoms with Crippen molar-refractivity contribution in [3.05, 3.63) is 29.3 Å². The molecule has 1 saturated heterocycles. The highest BCUT2D eigenvalue weighted by Gasteiger charge is 2.56. The first-order valence-corrected chi connectivity index (χ1v) is 6.09. The van der Waals surface area contributed by atoms with Gasteiger partial charge >= 0.3 is 0 Å². The maximum Gasteiger partial charge on any atom is 0.132 e. The highest BCUT2D eigenvalue weighted by molar-refractivity contribution is 5.44. The minimum atomic E-state index is -0.177. The van der Waals surface area contributed by atoms with Crippen LogP contribution in [0.2, 0.25) is 0 Å². The van der Waals surface area contributed by atoms with Gasteiger partial charge in [-0.15, -0.1) is 0 Å². The third kappa shape index (κ3) is 1.44. The third-order valence-corrected chi connectivity index (χ3v) is 3.47. The number of fused-ring (bicyclic) bond motifs is 3. The van der Waals surface area contributed by atoms with Crippen LogP contribution in [0.5, 0.6) is 5.75 Å². The Balaban J connectivity index is 1.97. The highest BCUT2D eigenvalue weighted by atomic mass is 16.6. The Morgan fingerprint density at radius 3 is 2.88 bits per heavy atom. The smallest absolute Gasteiger partial charge is 0.132 e. The van der Waals surface area contributed by atoms with Crippen LogP contribution in [0, 0.1) is 0 Å². The second-order valence-electron chi connectivity index (χ2n) is 5.30. The summed E-state index contributed by atoms with van der Waals surface area (Å²) in [5.74, 6) is 1.00. The zero-order valence-electron chi connectivity index (χ0n) is 10.1. The van der Waals surface area contributed by atoms with E-state index in [0.717, 1.165) is 12.2 Å². The summed E-state index contributed by atoms with van der Waals surface area (Å²) in [5.41, 5.74) is 2.46. The summed E-state index contributed by atoms with van der Waals surface area (Å²) in [6.45, 7) is 6.40. The molecule has 2 nitrogen and oxygen atoms in total. The summed E-state index contributed by atoms with van der Waals surface area (Å²) in [7, 11) is 0. The van der Waals surface area contributed by atoms with E-state index in [-0.39, 0.29) is 17.8 Å². The molecule has 0 saturated carbocycles. The van der Waals surface area contributed by atoms with Gasteiger partial charge in [0.2, 0.25) is 0 Å². The lowest BCUT2D eigenvalue weighted by atomic mass is 9.93. The van der Waals surface area contributed by atoms with Crippen molar-refractivity contribution in [3.63, 3.8) is 0 Å². The molecule has 0 amide bonds. The van der Waals surface area contributed by atoms with Crippen LogP contribution in [0.3, 0.4) is 0 Å². The SMILES string of the molecule is CCCc1ccc2c(c1)[C@H]1O[C@H]1C(C)(C)O2. The molecule has 0 radical (unpaired) electrons. The van der Waals surface area contributed by atoms with E-state index in [2.05, 4.69) is 39.0 Å². The van der Waals surface area contributed by atoms with Gasteiger partial charge in [-0.3, -0.25) is 0 Å². The van der Waals surface area contributed by atoms with E-state index < -0.39 is 0 Å². The molecule has 0 aliphatic carbocycles. The van der Waals surface area contributed by atoms with E-state index in [0.29, 0.717) is 0 Å². The van der Waals surface area contributed by atoms with Crippen molar-refractivity contribution < 1.29 is 9.47 Å². The molecule has 86 valence electrons. The maximum atomic E-state index is 5.98. The third-order valence-electron chi connectivity index (χ3n) is 3.47. The second kappa shape index (κ2) is 3.24. The largest absolute Gasteiger partial charge is 0.485 e. The van der Waals surface area contributed by atoms with Gasteiger partial charge in [-0.2, -0.15) is 0 Å². The highest BCUT2D eigenvalue weighted by Crippen LogP contribution is 2.53. The first kappa shape index (κ1) is 10.2. The number of ether oxygens (including phenoxy) is 2. The van der Waals surface area contributed by atoms with Crippen LogP contribution >= 0.6 is 0 Å². The molecular weight excluding hydrogens is 200 g/mol. The van der Waals surface area contributed by atoms with Crippen molar-refractivity contribution in [2.24, 2.45) is 0 Å². The van der Waals surface area contributed by atoms with Crippen LogP contribution in [0.15, 0.2) is 18.2 Å². The first-order valence-electron chi connectivity index (χ1n) is 6.09. The molecule has 0 aromatic heterocycles. The molecule has 3 rings (SSSR count). The molecule has 1 fully saturated rings. The summed E-state index contributed by atoms with van der Waals surface area (Å²) in [5, 5.41) is 0. The predicted octanol–water partition coefficient (Wildman–Crippen LogP) is 3.25. The number of benzene rings is 1. The number of aryl methyl sites for hydroxylation is 1. The van der Waals surface area contributed by atoms with Crippen molar-refractivity contribution >= 4 is 0 Å². The van der Waals surface area contributed by atoms with Crippen molar-refractivity contribution in [3.8, 4) is 5.75 Å². The Morgan fingerprint density at radius 2 is 2.12 bits per heavy atom. The fourth-order valence-corrected chi connectivity index (χ4v) is 2.58. The van der Waals surface area contributed by atoms with E-state index in [1.807, 2.05) is 0 Å². The molecule has 2 aliphatic heterocycles. The van der Waals surface area contributed by atoms with E-state index in [1.54, 1.807) is 0 Å². The number of hydrogen-bond donors (Lipinski definition) is 0. The van der Waals surface area contributed by atoms with Crippen molar-refractivity contribution in [1.82, 2.24) is 0 Å². The van der Waals surface area contributed by atoms with Gasteiger partial charge in [0.25, 0.3) is 0 Å². The predicted molar refractivity (Wildman–Crippen MR) is 62.8 cm³/mol.